The molecule has 2 heterocycles. The Hall–Kier alpha value is -3.46. The summed E-state index contributed by atoms with van der Waals surface area (Å²) in [5, 5.41) is 5.36. The number of rotatable bonds is 6. The van der Waals surface area contributed by atoms with Gasteiger partial charge in [0, 0.05) is 26.3 Å². The molecule has 1 N–H and O–H groups in total. The lowest BCUT2D eigenvalue weighted by atomic mass is 9.93. The number of hydrogen-bond acceptors (Lipinski definition) is 5. The fourth-order valence-electron chi connectivity index (χ4n) is 3.87. The summed E-state index contributed by atoms with van der Waals surface area (Å²) in [6, 6.07) is 11.4. The molecule has 0 spiro atoms. The van der Waals surface area contributed by atoms with E-state index in [1.54, 1.807) is 45.3 Å². The third-order valence-electron chi connectivity index (χ3n) is 5.57. The fourth-order valence-corrected chi connectivity index (χ4v) is 4.84. The Morgan fingerprint density at radius 2 is 1.68 bits per heavy atom. The predicted octanol–water partition coefficient (Wildman–Crippen LogP) is 4.33. The van der Waals surface area contributed by atoms with E-state index in [2.05, 4.69) is 10.3 Å². The van der Waals surface area contributed by atoms with E-state index < -0.39 is 6.04 Å². The molecule has 2 aromatic carbocycles. The number of halogens is 2. The highest BCUT2D eigenvalue weighted by Crippen LogP contribution is 2.44. The maximum atomic E-state index is 13.7. The van der Waals surface area contributed by atoms with Crippen LogP contribution in [-0.2, 0) is 16.1 Å². The van der Waals surface area contributed by atoms with Gasteiger partial charge in [-0.3, -0.25) is 9.59 Å². The van der Waals surface area contributed by atoms with Gasteiger partial charge in [0.1, 0.15) is 11.6 Å². The Morgan fingerprint density at radius 3 is 2.29 bits per heavy atom. The normalized spacial score (nSPS) is 17.2. The van der Waals surface area contributed by atoms with Crippen LogP contribution in [0.4, 0.5) is 8.78 Å². The van der Waals surface area contributed by atoms with Gasteiger partial charge in [-0.2, -0.15) is 0 Å². The Kier molecular flexibility index (Phi) is 6.83. The van der Waals surface area contributed by atoms with E-state index in [9.17, 15) is 18.4 Å². The number of amidine groups is 1. The summed E-state index contributed by atoms with van der Waals surface area (Å²) in [5.74, 6) is -1.13. The first-order chi connectivity index (χ1) is 16.2. The van der Waals surface area contributed by atoms with E-state index in [0.29, 0.717) is 22.1 Å². The molecule has 0 aliphatic carbocycles. The number of likely N-dealkylation sites (N-methyl/N-ethyl adjacent to an activating group) is 1. The number of nitrogens with one attached hydrogen (secondary N) is 1. The molecule has 0 radical (unpaired) electrons. The molecule has 176 valence electrons. The monoisotopic (exact) mass is 482 g/mol. The van der Waals surface area contributed by atoms with Gasteiger partial charge in [0.2, 0.25) is 5.91 Å². The van der Waals surface area contributed by atoms with Crippen LogP contribution >= 0.6 is 11.8 Å². The highest BCUT2D eigenvalue weighted by Gasteiger charge is 2.40. The SMILES string of the molecule is CC1=C(C(=O)N(C)C)C(c2ccc(F)cc2)N2C(CC(=O)NCc3ccc(F)cc3)=CSC2=N1. The summed E-state index contributed by atoms with van der Waals surface area (Å²) in [6.07, 6.45) is 0.0629. The molecule has 2 aliphatic rings. The second-order valence-corrected chi connectivity index (χ2v) is 9.06. The van der Waals surface area contributed by atoms with E-state index in [4.69, 9.17) is 0 Å². The molecular formula is C25H24F2N4O2S. The van der Waals surface area contributed by atoms with Crippen LogP contribution in [0, 0.1) is 11.6 Å². The maximum absolute atomic E-state index is 13.7. The quantitative estimate of drug-likeness (QED) is 0.666. The largest absolute Gasteiger partial charge is 0.352 e. The number of fused-ring (bicyclic) bond motifs is 1. The molecule has 2 aliphatic heterocycles. The molecule has 0 fully saturated rings. The van der Waals surface area contributed by atoms with Gasteiger partial charge in [-0.15, -0.1) is 0 Å². The Balaban J connectivity index is 1.60. The zero-order chi connectivity index (χ0) is 24.4. The minimum Gasteiger partial charge on any atom is -0.352 e. The number of aliphatic imine (C=N–C) groups is 1. The van der Waals surface area contributed by atoms with Crippen molar-refractivity contribution in [3.63, 3.8) is 0 Å². The molecule has 9 heteroatoms. The van der Waals surface area contributed by atoms with Crippen LogP contribution in [0.1, 0.15) is 30.5 Å². The molecule has 4 rings (SSSR count). The first-order valence-electron chi connectivity index (χ1n) is 10.7. The first-order valence-corrected chi connectivity index (χ1v) is 11.5. The molecule has 2 aromatic rings. The second-order valence-electron chi connectivity index (χ2n) is 8.22. The molecule has 1 atom stereocenters. The lowest BCUT2D eigenvalue weighted by molar-refractivity contribution is -0.125. The molecule has 1 unspecified atom stereocenters. The topological polar surface area (TPSA) is 65.0 Å². The molecule has 2 amide bonds. The zero-order valence-electron chi connectivity index (χ0n) is 19.0. The van der Waals surface area contributed by atoms with Crippen molar-refractivity contribution in [1.82, 2.24) is 15.1 Å². The highest BCUT2D eigenvalue weighted by molar-refractivity contribution is 8.16. The van der Waals surface area contributed by atoms with E-state index in [1.165, 1.54) is 40.9 Å². The van der Waals surface area contributed by atoms with E-state index in [-0.39, 0.29) is 36.4 Å². The second kappa shape index (κ2) is 9.80. The molecule has 0 bridgehead atoms. The number of benzene rings is 2. The Labute approximate surface area is 201 Å². The van der Waals surface area contributed by atoms with Crippen LogP contribution in [-0.4, -0.2) is 40.9 Å². The summed E-state index contributed by atoms with van der Waals surface area (Å²) in [7, 11) is 3.34. The van der Waals surface area contributed by atoms with E-state index >= 15 is 0 Å². The van der Waals surface area contributed by atoms with Crippen molar-refractivity contribution in [3.05, 3.63) is 93.7 Å². The summed E-state index contributed by atoms with van der Waals surface area (Å²) in [4.78, 5) is 33.9. The number of carbonyl (C=O) groups excluding carboxylic acids is 2. The first kappa shape index (κ1) is 23.7. The summed E-state index contributed by atoms with van der Waals surface area (Å²) in [6.45, 7) is 2.05. The molecule has 6 nitrogen and oxygen atoms in total. The highest BCUT2D eigenvalue weighted by atomic mass is 32.2. The van der Waals surface area contributed by atoms with Gasteiger partial charge in [0.25, 0.3) is 5.91 Å². The van der Waals surface area contributed by atoms with Crippen LogP contribution < -0.4 is 5.32 Å². The molecule has 0 saturated heterocycles. The van der Waals surface area contributed by atoms with Gasteiger partial charge in [-0.1, -0.05) is 36.0 Å². The number of nitrogens with zero attached hydrogens (tertiary/aromatic N) is 3. The van der Waals surface area contributed by atoms with Gasteiger partial charge in [0.15, 0.2) is 5.17 Å². The molecule has 0 aromatic heterocycles. The average molecular weight is 483 g/mol. The van der Waals surface area contributed by atoms with Crippen LogP contribution in [0.2, 0.25) is 0 Å². The number of carbonyl (C=O) groups is 2. The van der Waals surface area contributed by atoms with Crippen molar-refractivity contribution >= 4 is 28.7 Å². The zero-order valence-corrected chi connectivity index (χ0v) is 19.8. The fraction of sp³-hybridized carbons (Fsp3) is 0.240. The lowest BCUT2D eigenvalue weighted by Crippen LogP contribution is -2.40. The molecule has 0 saturated carbocycles. The number of allylic oxidation sites excluding steroid dienone is 1. The standard InChI is InChI=1S/C25H24F2N4O2S/c1-15-22(24(33)30(2)3)23(17-6-10-19(27)11-7-17)31-20(14-34-25(31)29-15)12-21(32)28-13-16-4-8-18(26)9-5-16/h4-11,14,23H,12-13H2,1-3H3,(H,28,32). The van der Waals surface area contributed by atoms with Gasteiger partial charge >= 0.3 is 0 Å². The third kappa shape index (κ3) is 4.89. The summed E-state index contributed by atoms with van der Waals surface area (Å²) in [5.41, 5.74) is 3.25. The Morgan fingerprint density at radius 1 is 1.06 bits per heavy atom. The van der Waals surface area contributed by atoms with Crippen molar-refractivity contribution in [2.45, 2.75) is 25.9 Å². The van der Waals surface area contributed by atoms with Crippen molar-refractivity contribution in [2.24, 2.45) is 4.99 Å². The predicted molar refractivity (Wildman–Crippen MR) is 128 cm³/mol. The van der Waals surface area contributed by atoms with Crippen LogP contribution in [0.5, 0.6) is 0 Å². The number of hydrogen-bond donors (Lipinski definition) is 1. The summed E-state index contributed by atoms with van der Waals surface area (Å²) < 4.78 is 26.8. The number of amides is 2. The minimum absolute atomic E-state index is 0.0629. The Bertz CT molecular complexity index is 1200. The van der Waals surface area contributed by atoms with Crippen molar-refractivity contribution in [2.75, 3.05) is 14.1 Å². The molecular weight excluding hydrogens is 458 g/mol. The minimum atomic E-state index is -0.547. The van der Waals surface area contributed by atoms with Crippen molar-refractivity contribution in [1.29, 1.82) is 0 Å². The smallest absolute Gasteiger partial charge is 0.253 e. The van der Waals surface area contributed by atoms with Gasteiger partial charge in [-0.25, -0.2) is 13.8 Å². The maximum Gasteiger partial charge on any atom is 0.253 e. The van der Waals surface area contributed by atoms with Crippen molar-refractivity contribution in [3.8, 4) is 0 Å². The lowest BCUT2D eigenvalue weighted by Gasteiger charge is -2.37. The van der Waals surface area contributed by atoms with E-state index in [1.807, 2.05) is 10.3 Å². The van der Waals surface area contributed by atoms with Crippen LogP contribution in [0.3, 0.4) is 0 Å². The van der Waals surface area contributed by atoms with Gasteiger partial charge in [0.05, 0.1) is 23.7 Å². The van der Waals surface area contributed by atoms with E-state index in [0.717, 1.165) is 11.1 Å². The third-order valence-corrected chi connectivity index (χ3v) is 6.46. The molecule has 34 heavy (non-hydrogen) atoms. The number of thioether (sulfide) groups is 1. The van der Waals surface area contributed by atoms with Crippen LogP contribution in [0.25, 0.3) is 0 Å². The van der Waals surface area contributed by atoms with Crippen LogP contribution in [0.15, 0.2) is 75.9 Å². The summed E-state index contributed by atoms with van der Waals surface area (Å²) >= 11 is 1.38. The average Bonchev–Trinajstić information content (AvgIpc) is 3.19. The van der Waals surface area contributed by atoms with Crippen molar-refractivity contribution < 1.29 is 18.4 Å². The van der Waals surface area contributed by atoms with Gasteiger partial charge in [-0.05, 0) is 47.7 Å². The van der Waals surface area contributed by atoms with Gasteiger partial charge < -0.3 is 15.1 Å².